The molecule has 9 nitrogen and oxygen atoms in total. The van der Waals surface area contributed by atoms with E-state index in [0.29, 0.717) is 22.5 Å². The summed E-state index contributed by atoms with van der Waals surface area (Å²) in [6, 6.07) is 13.6. The molecule has 3 rings (SSSR count). The molecule has 0 radical (unpaired) electrons. The van der Waals surface area contributed by atoms with Gasteiger partial charge in [0.25, 0.3) is 5.91 Å². The summed E-state index contributed by atoms with van der Waals surface area (Å²) in [6.45, 7) is 0. The van der Waals surface area contributed by atoms with Crippen molar-refractivity contribution >= 4 is 34.2 Å². The normalized spacial score (nSPS) is 9.62. The number of rotatable bonds is 4. The Kier molecular flexibility index (Phi) is 4.73. The van der Waals surface area contributed by atoms with Crippen LogP contribution in [-0.4, -0.2) is 26.6 Å². The number of nitriles is 2. The van der Waals surface area contributed by atoms with Gasteiger partial charge in [0, 0.05) is 0 Å². The van der Waals surface area contributed by atoms with Gasteiger partial charge in [-0.25, -0.2) is 9.97 Å². The molecule has 0 bridgehead atoms. The second-order valence-corrected chi connectivity index (χ2v) is 4.93. The summed E-state index contributed by atoms with van der Waals surface area (Å²) in [6.07, 6.45) is 2.80. The minimum Gasteiger partial charge on any atom is -0.305 e. The number of carbonyl (C=O) groups is 1. The lowest BCUT2D eigenvalue weighted by molar-refractivity contribution is 0.102. The highest BCUT2D eigenvalue weighted by Crippen LogP contribution is 2.12. The highest BCUT2D eigenvalue weighted by molar-refractivity contribution is 6.10. The molecule has 3 aromatic rings. The summed E-state index contributed by atoms with van der Waals surface area (Å²) in [4.78, 5) is 24.8. The lowest BCUT2D eigenvalue weighted by Gasteiger charge is -2.05. The Hall–Kier alpha value is -4.37. The number of para-hydroxylation sites is 2. The third kappa shape index (κ3) is 3.75. The molecule has 0 aliphatic carbocycles. The van der Waals surface area contributed by atoms with E-state index in [9.17, 15) is 4.79 Å². The fraction of sp³-hybridized carbons (Fsp3) is 0. The lowest BCUT2D eigenvalue weighted by atomic mass is 10.3. The van der Waals surface area contributed by atoms with Gasteiger partial charge in [-0.05, 0) is 24.3 Å². The Balaban J connectivity index is 1.70. The first-order valence-electron chi connectivity index (χ1n) is 7.32. The standard InChI is InChI=1S/C17H10N8O/c18-7-12(8-19)25-24-11-5-6-16(21-9-11)23-17(26)15-10-20-13-3-1-2-4-14(13)22-15/h1-6,9-10,24H,(H,21,23,26). The fourth-order valence-electron chi connectivity index (χ4n) is 1.98. The van der Waals surface area contributed by atoms with Crippen LogP contribution >= 0.6 is 0 Å². The number of nitrogens with one attached hydrogen (secondary N) is 2. The largest absolute Gasteiger partial charge is 0.305 e. The predicted octanol–water partition coefficient (Wildman–Crippen LogP) is 2.09. The highest BCUT2D eigenvalue weighted by atomic mass is 16.1. The molecule has 0 saturated heterocycles. The van der Waals surface area contributed by atoms with Crippen LogP contribution in [-0.2, 0) is 0 Å². The molecule has 2 aromatic heterocycles. The van der Waals surface area contributed by atoms with Gasteiger partial charge in [-0.1, -0.05) is 12.1 Å². The van der Waals surface area contributed by atoms with Gasteiger partial charge < -0.3 is 5.32 Å². The number of benzene rings is 1. The average Bonchev–Trinajstić information content (AvgIpc) is 2.69. The maximum atomic E-state index is 12.3. The zero-order chi connectivity index (χ0) is 18.4. The van der Waals surface area contributed by atoms with Crippen LogP contribution in [0.3, 0.4) is 0 Å². The molecule has 26 heavy (non-hydrogen) atoms. The van der Waals surface area contributed by atoms with Gasteiger partial charge in [-0.3, -0.25) is 15.2 Å². The fourth-order valence-corrected chi connectivity index (χ4v) is 1.98. The van der Waals surface area contributed by atoms with Crippen molar-refractivity contribution in [2.75, 3.05) is 10.7 Å². The molecular weight excluding hydrogens is 332 g/mol. The highest BCUT2D eigenvalue weighted by Gasteiger charge is 2.10. The van der Waals surface area contributed by atoms with E-state index < -0.39 is 5.91 Å². The third-order valence-electron chi connectivity index (χ3n) is 3.19. The van der Waals surface area contributed by atoms with Gasteiger partial charge in [-0.15, -0.1) is 0 Å². The van der Waals surface area contributed by atoms with Gasteiger partial charge in [0.1, 0.15) is 23.7 Å². The predicted molar refractivity (Wildman–Crippen MR) is 94.0 cm³/mol. The first-order valence-corrected chi connectivity index (χ1v) is 7.32. The third-order valence-corrected chi connectivity index (χ3v) is 3.19. The Morgan fingerprint density at radius 2 is 1.77 bits per heavy atom. The van der Waals surface area contributed by atoms with E-state index in [1.165, 1.54) is 12.4 Å². The van der Waals surface area contributed by atoms with E-state index in [2.05, 4.69) is 30.8 Å². The number of carbonyl (C=O) groups excluding carboxylic acids is 1. The number of hydrogen-bond donors (Lipinski definition) is 2. The number of nitrogens with zero attached hydrogens (tertiary/aromatic N) is 6. The second-order valence-electron chi connectivity index (χ2n) is 4.93. The maximum absolute atomic E-state index is 12.3. The molecule has 1 amide bonds. The average molecular weight is 342 g/mol. The van der Waals surface area contributed by atoms with E-state index in [1.807, 2.05) is 18.2 Å². The summed E-state index contributed by atoms with van der Waals surface area (Å²) >= 11 is 0. The number of amides is 1. The Bertz CT molecular complexity index is 1060. The zero-order valence-electron chi connectivity index (χ0n) is 13.2. The zero-order valence-corrected chi connectivity index (χ0v) is 13.2. The molecule has 9 heteroatoms. The van der Waals surface area contributed by atoms with E-state index in [0.717, 1.165) is 0 Å². The summed E-state index contributed by atoms with van der Waals surface area (Å²) in [5.41, 5.74) is 4.17. The van der Waals surface area contributed by atoms with Crippen molar-refractivity contribution in [3.05, 3.63) is 54.5 Å². The van der Waals surface area contributed by atoms with Crippen LogP contribution in [0.5, 0.6) is 0 Å². The maximum Gasteiger partial charge on any atom is 0.277 e. The molecule has 0 aliphatic rings. The topological polar surface area (TPSA) is 140 Å². The van der Waals surface area contributed by atoms with Gasteiger partial charge in [0.05, 0.1) is 29.1 Å². The summed E-state index contributed by atoms with van der Waals surface area (Å²) < 4.78 is 0. The van der Waals surface area contributed by atoms with Gasteiger partial charge in [0.15, 0.2) is 0 Å². The number of aromatic nitrogens is 3. The van der Waals surface area contributed by atoms with Crippen molar-refractivity contribution in [1.82, 2.24) is 15.0 Å². The van der Waals surface area contributed by atoms with Crippen LogP contribution in [0.25, 0.3) is 11.0 Å². The molecule has 0 aliphatic heterocycles. The summed E-state index contributed by atoms with van der Waals surface area (Å²) in [5.74, 6) is -0.133. The van der Waals surface area contributed by atoms with Crippen molar-refractivity contribution in [3.8, 4) is 12.1 Å². The van der Waals surface area contributed by atoms with Crippen molar-refractivity contribution in [2.24, 2.45) is 5.10 Å². The number of hydrazone groups is 1. The van der Waals surface area contributed by atoms with E-state index >= 15 is 0 Å². The molecule has 0 fully saturated rings. The quantitative estimate of drug-likeness (QED) is 0.546. The van der Waals surface area contributed by atoms with Crippen LogP contribution in [0.1, 0.15) is 10.5 Å². The van der Waals surface area contributed by atoms with Gasteiger partial charge in [0.2, 0.25) is 5.71 Å². The molecule has 2 heterocycles. The Morgan fingerprint density at radius 1 is 1.00 bits per heavy atom. The molecule has 0 saturated carbocycles. The van der Waals surface area contributed by atoms with Crippen LogP contribution in [0.2, 0.25) is 0 Å². The molecule has 0 spiro atoms. The minimum absolute atomic E-state index is 0.171. The van der Waals surface area contributed by atoms with Crippen molar-refractivity contribution in [3.63, 3.8) is 0 Å². The first-order chi connectivity index (χ1) is 12.7. The van der Waals surface area contributed by atoms with Crippen molar-refractivity contribution in [2.45, 2.75) is 0 Å². The smallest absolute Gasteiger partial charge is 0.277 e. The molecular formula is C17H10N8O. The van der Waals surface area contributed by atoms with Crippen molar-refractivity contribution < 1.29 is 4.79 Å². The number of pyridine rings is 1. The summed E-state index contributed by atoms with van der Waals surface area (Å²) in [7, 11) is 0. The molecule has 1 aromatic carbocycles. The summed E-state index contributed by atoms with van der Waals surface area (Å²) in [5, 5.41) is 23.4. The number of hydrogen-bond acceptors (Lipinski definition) is 8. The van der Waals surface area contributed by atoms with Gasteiger partial charge in [-0.2, -0.15) is 15.6 Å². The monoisotopic (exact) mass is 342 g/mol. The van der Waals surface area contributed by atoms with Crippen molar-refractivity contribution in [1.29, 1.82) is 10.5 Å². The number of anilines is 2. The van der Waals surface area contributed by atoms with E-state index in [-0.39, 0.29) is 11.4 Å². The van der Waals surface area contributed by atoms with Crippen LogP contribution < -0.4 is 10.7 Å². The van der Waals surface area contributed by atoms with Gasteiger partial charge >= 0.3 is 0 Å². The van der Waals surface area contributed by atoms with Crippen LogP contribution in [0.4, 0.5) is 11.5 Å². The molecule has 0 atom stereocenters. The van der Waals surface area contributed by atoms with Crippen LogP contribution in [0.15, 0.2) is 53.9 Å². The SMILES string of the molecule is N#CC(C#N)=NNc1ccc(NC(=O)c2cnc3ccccc3n2)nc1. The molecule has 0 unspecified atom stereocenters. The Morgan fingerprint density at radius 3 is 2.46 bits per heavy atom. The van der Waals surface area contributed by atoms with Crippen LogP contribution in [0, 0.1) is 22.7 Å². The van der Waals surface area contributed by atoms with E-state index in [1.54, 1.807) is 30.3 Å². The second kappa shape index (κ2) is 7.47. The Labute approximate surface area is 147 Å². The minimum atomic E-state index is -0.439. The lowest BCUT2D eigenvalue weighted by Crippen LogP contribution is -2.15. The molecule has 2 N–H and O–H groups in total. The molecule has 124 valence electrons. The number of fused-ring (bicyclic) bond motifs is 1. The first kappa shape index (κ1) is 16.5. The van der Waals surface area contributed by atoms with E-state index in [4.69, 9.17) is 10.5 Å².